The average molecular weight is 376 g/mol. The molecule has 3 aromatic rings. The molecule has 7 heteroatoms. The number of ether oxygens (including phenoxy) is 2. The Bertz CT molecular complexity index is 1020. The number of carbonyl (C=O) groups excluding carboxylic acids is 1. The smallest absolute Gasteiger partial charge is 0.270 e. The third kappa shape index (κ3) is 4.03. The van der Waals surface area contributed by atoms with Gasteiger partial charge in [-0.15, -0.1) is 0 Å². The lowest BCUT2D eigenvalue weighted by molar-refractivity contribution is 0.0945. The van der Waals surface area contributed by atoms with Crippen molar-refractivity contribution >= 4 is 17.4 Å². The van der Waals surface area contributed by atoms with Crippen LogP contribution in [0, 0.1) is 13.8 Å². The Morgan fingerprint density at radius 2 is 1.79 bits per heavy atom. The fourth-order valence-corrected chi connectivity index (χ4v) is 3.07. The van der Waals surface area contributed by atoms with Crippen LogP contribution in [0.25, 0.3) is 0 Å². The van der Waals surface area contributed by atoms with E-state index in [0.29, 0.717) is 29.6 Å². The van der Waals surface area contributed by atoms with Crippen LogP contribution in [-0.4, -0.2) is 22.7 Å². The number of amides is 1. The summed E-state index contributed by atoms with van der Waals surface area (Å²) in [4.78, 5) is 20.8. The molecule has 1 aliphatic rings. The van der Waals surface area contributed by atoms with Crippen LogP contribution < -0.4 is 20.1 Å². The van der Waals surface area contributed by atoms with Gasteiger partial charge in [-0.05, 0) is 54.8 Å². The highest BCUT2D eigenvalue weighted by atomic mass is 16.7. The first kappa shape index (κ1) is 17.8. The van der Waals surface area contributed by atoms with E-state index >= 15 is 0 Å². The van der Waals surface area contributed by atoms with Gasteiger partial charge >= 0.3 is 0 Å². The van der Waals surface area contributed by atoms with E-state index in [1.54, 1.807) is 6.07 Å². The standard InChI is InChI=1S/C21H20N4O3/c1-13-5-14(2)7-16(6-13)25-20-9-17(23-11-24-20)21(26)22-10-15-3-4-18-19(8-15)28-12-27-18/h3-9,11H,10,12H2,1-2H3,(H,22,26)(H,23,24,25). The van der Waals surface area contributed by atoms with E-state index in [2.05, 4.69) is 26.7 Å². The molecule has 0 aliphatic carbocycles. The van der Waals surface area contributed by atoms with Gasteiger partial charge in [0.05, 0.1) is 0 Å². The Hall–Kier alpha value is -3.61. The third-order valence-electron chi connectivity index (χ3n) is 4.28. The molecule has 2 heterocycles. The van der Waals surface area contributed by atoms with Gasteiger partial charge in [-0.25, -0.2) is 9.97 Å². The van der Waals surface area contributed by atoms with Gasteiger partial charge in [0.15, 0.2) is 11.5 Å². The van der Waals surface area contributed by atoms with Crippen molar-refractivity contribution in [3.8, 4) is 11.5 Å². The SMILES string of the molecule is Cc1cc(C)cc(Nc2cc(C(=O)NCc3ccc4c(c3)OCO4)ncn2)c1. The van der Waals surface area contributed by atoms with Gasteiger partial charge < -0.3 is 20.1 Å². The van der Waals surface area contributed by atoms with Gasteiger partial charge in [0.2, 0.25) is 6.79 Å². The lowest BCUT2D eigenvalue weighted by atomic mass is 10.1. The zero-order valence-electron chi connectivity index (χ0n) is 15.7. The van der Waals surface area contributed by atoms with E-state index in [9.17, 15) is 4.79 Å². The molecule has 2 aromatic carbocycles. The van der Waals surface area contributed by atoms with Crippen LogP contribution in [0.4, 0.5) is 11.5 Å². The number of anilines is 2. The molecule has 0 spiro atoms. The quantitative estimate of drug-likeness (QED) is 0.709. The van der Waals surface area contributed by atoms with Gasteiger partial charge in [0.25, 0.3) is 5.91 Å². The number of benzene rings is 2. The van der Waals surface area contributed by atoms with E-state index in [1.165, 1.54) is 6.33 Å². The molecule has 0 bridgehead atoms. The van der Waals surface area contributed by atoms with Crippen LogP contribution in [0.5, 0.6) is 11.5 Å². The van der Waals surface area contributed by atoms with E-state index in [1.807, 2.05) is 44.2 Å². The third-order valence-corrected chi connectivity index (χ3v) is 4.28. The number of aryl methyl sites for hydroxylation is 2. The first-order chi connectivity index (χ1) is 13.6. The Morgan fingerprint density at radius 3 is 2.61 bits per heavy atom. The zero-order chi connectivity index (χ0) is 19.5. The molecule has 4 rings (SSSR count). The molecule has 0 atom stereocenters. The normalized spacial score (nSPS) is 11.9. The van der Waals surface area contributed by atoms with Crippen molar-refractivity contribution in [2.45, 2.75) is 20.4 Å². The summed E-state index contributed by atoms with van der Waals surface area (Å²) in [7, 11) is 0. The average Bonchev–Trinajstić information content (AvgIpc) is 3.13. The second kappa shape index (κ2) is 7.56. The summed E-state index contributed by atoms with van der Waals surface area (Å²) in [5, 5.41) is 6.08. The summed E-state index contributed by atoms with van der Waals surface area (Å²) in [6.45, 7) is 4.65. The Labute approximate surface area is 162 Å². The zero-order valence-corrected chi connectivity index (χ0v) is 15.7. The molecular weight excluding hydrogens is 356 g/mol. The van der Waals surface area contributed by atoms with E-state index in [4.69, 9.17) is 9.47 Å². The molecule has 1 amide bonds. The molecule has 0 fully saturated rings. The number of hydrogen-bond donors (Lipinski definition) is 2. The van der Waals surface area contributed by atoms with E-state index in [-0.39, 0.29) is 12.7 Å². The molecule has 0 saturated heterocycles. The maximum atomic E-state index is 12.5. The summed E-state index contributed by atoms with van der Waals surface area (Å²) in [6, 6.07) is 13.4. The van der Waals surface area contributed by atoms with Gasteiger partial charge in [-0.1, -0.05) is 12.1 Å². The molecule has 2 N–H and O–H groups in total. The summed E-state index contributed by atoms with van der Waals surface area (Å²) in [6.07, 6.45) is 1.38. The minimum Gasteiger partial charge on any atom is -0.454 e. The molecule has 142 valence electrons. The predicted molar refractivity (Wildman–Crippen MR) is 105 cm³/mol. The number of nitrogens with zero attached hydrogens (tertiary/aromatic N) is 2. The monoisotopic (exact) mass is 376 g/mol. The first-order valence-electron chi connectivity index (χ1n) is 8.91. The fourth-order valence-electron chi connectivity index (χ4n) is 3.07. The van der Waals surface area contributed by atoms with Crippen molar-refractivity contribution in [1.29, 1.82) is 0 Å². The Morgan fingerprint density at radius 1 is 1.00 bits per heavy atom. The molecule has 1 aromatic heterocycles. The van der Waals surface area contributed by atoms with Crippen molar-refractivity contribution in [1.82, 2.24) is 15.3 Å². The molecule has 1 aliphatic heterocycles. The van der Waals surface area contributed by atoms with Gasteiger partial charge in [0.1, 0.15) is 17.8 Å². The van der Waals surface area contributed by atoms with E-state index < -0.39 is 0 Å². The minimum atomic E-state index is -0.275. The fraction of sp³-hybridized carbons (Fsp3) is 0.190. The number of aromatic nitrogens is 2. The van der Waals surface area contributed by atoms with E-state index in [0.717, 1.165) is 22.4 Å². The summed E-state index contributed by atoms with van der Waals surface area (Å²) >= 11 is 0. The lowest BCUT2D eigenvalue weighted by Gasteiger charge is -2.09. The highest BCUT2D eigenvalue weighted by molar-refractivity contribution is 5.92. The van der Waals surface area contributed by atoms with Crippen LogP contribution in [0.15, 0.2) is 48.8 Å². The maximum Gasteiger partial charge on any atom is 0.270 e. The predicted octanol–water partition coefficient (Wildman–Crippen LogP) is 3.50. The first-order valence-corrected chi connectivity index (χ1v) is 8.91. The van der Waals surface area contributed by atoms with Crippen LogP contribution in [0.1, 0.15) is 27.2 Å². The maximum absolute atomic E-state index is 12.5. The minimum absolute atomic E-state index is 0.225. The van der Waals surface area contributed by atoms with Crippen LogP contribution in [0.2, 0.25) is 0 Å². The van der Waals surface area contributed by atoms with Crippen LogP contribution in [-0.2, 0) is 6.54 Å². The Kier molecular flexibility index (Phi) is 4.80. The molecule has 0 radical (unpaired) electrons. The van der Waals surface area contributed by atoms with Crippen molar-refractivity contribution in [3.63, 3.8) is 0 Å². The van der Waals surface area contributed by atoms with Crippen molar-refractivity contribution in [2.75, 3.05) is 12.1 Å². The lowest BCUT2D eigenvalue weighted by Crippen LogP contribution is -2.24. The molecular formula is C21H20N4O3. The molecule has 0 unspecified atom stereocenters. The highest BCUT2D eigenvalue weighted by Crippen LogP contribution is 2.32. The molecule has 0 saturated carbocycles. The van der Waals surface area contributed by atoms with Gasteiger partial charge in [-0.2, -0.15) is 0 Å². The summed E-state index contributed by atoms with van der Waals surface area (Å²) in [5.74, 6) is 1.69. The summed E-state index contributed by atoms with van der Waals surface area (Å²) in [5.41, 5.74) is 4.43. The second-order valence-corrected chi connectivity index (χ2v) is 6.66. The second-order valence-electron chi connectivity index (χ2n) is 6.66. The van der Waals surface area contributed by atoms with Gasteiger partial charge in [0, 0.05) is 18.3 Å². The molecule has 7 nitrogen and oxygen atoms in total. The van der Waals surface area contributed by atoms with Crippen LogP contribution in [0.3, 0.4) is 0 Å². The topological polar surface area (TPSA) is 85.4 Å². The van der Waals surface area contributed by atoms with Crippen LogP contribution >= 0.6 is 0 Å². The van der Waals surface area contributed by atoms with Gasteiger partial charge in [-0.3, -0.25) is 4.79 Å². The molecule has 28 heavy (non-hydrogen) atoms. The number of hydrogen-bond acceptors (Lipinski definition) is 6. The van der Waals surface area contributed by atoms with Crippen molar-refractivity contribution in [3.05, 3.63) is 71.2 Å². The van der Waals surface area contributed by atoms with Crippen molar-refractivity contribution < 1.29 is 14.3 Å². The summed E-state index contributed by atoms with van der Waals surface area (Å²) < 4.78 is 10.6. The Balaban J connectivity index is 1.42. The number of nitrogens with one attached hydrogen (secondary N) is 2. The number of rotatable bonds is 5. The largest absolute Gasteiger partial charge is 0.454 e. The number of fused-ring (bicyclic) bond motifs is 1. The number of carbonyl (C=O) groups is 1. The van der Waals surface area contributed by atoms with Crippen molar-refractivity contribution in [2.24, 2.45) is 0 Å². The highest BCUT2D eigenvalue weighted by Gasteiger charge is 2.14.